The standard InChI is InChI=1S/C9H14O7/c1-3-4-15-6(5-7(10)11)8(12)16-9(2,13)14/h3,6,13-14H,1,4-5H2,2H3,(H,10,11). The maximum absolute atomic E-state index is 11.2. The van der Waals surface area contributed by atoms with Gasteiger partial charge in [0, 0.05) is 6.92 Å². The number of rotatable bonds is 7. The Morgan fingerprint density at radius 2 is 2.06 bits per heavy atom. The normalized spacial score (nSPS) is 12.9. The van der Waals surface area contributed by atoms with Crippen molar-refractivity contribution in [2.24, 2.45) is 0 Å². The van der Waals surface area contributed by atoms with Crippen LogP contribution in [0.3, 0.4) is 0 Å². The molecule has 92 valence electrons. The van der Waals surface area contributed by atoms with Crippen LogP contribution < -0.4 is 0 Å². The van der Waals surface area contributed by atoms with Gasteiger partial charge in [0.05, 0.1) is 13.0 Å². The summed E-state index contributed by atoms with van der Waals surface area (Å²) in [6, 6.07) is 0. The van der Waals surface area contributed by atoms with E-state index in [0.717, 1.165) is 6.92 Å². The van der Waals surface area contributed by atoms with Crippen LogP contribution in [0.15, 0.2) is 12.7 Å². The van der Waals surface area contributed by atoms with Crippen molar-refractivity contribution in [3.63, 3.8) is 0 Å². The summed E-state index contributed by atoms with van der Waals surface area (Å²) in [5.41, 5.74) is 0. The van der Waals surface area contributed by atoms with Crippen molar-refractivity contribution in [3.8, 4) is 0 Å². The van der Waals surface area contributed by atoms with Crippen LogP contribution in [0.5, 0.6) is 0 Å². The summed E-state index contributed by atoms with van der Waals surface area (Å²) in [4.78, 5) is 21.6. The first-order chi connectivity index (χ1) is 7.26. The lowest BCUT2D eigenvalue weighted by Gasteiger charge is -2.20. The van der Waals surface area contributed by atoms with Gasteiger partial charge in [-0.2, -0.15) is 0 Å². The largest absolute Gasteiger partial charge is 0.481 e. The van der Waals surface area contributed by atoms with Crippen LogP contribution in [0.4, 0.5) is 0 Å². The molecule has 3 N–H and O–H groups in total. The second-order valence-corrected chi connectivity index (χ2v) is 3.06. The van der Waals surface area contributed by atoms with Crippen LogP contribution >= 0.6 is 0 Å². The molecule has 0 radical (unpaired) electrons. The van der Waals surface area contributed by atoms with Gasteiger partial charge in [-0.15, -0.1) is 6.58 Å². The zero-order valence-corrected chi connectivity index (χ0v) is 8.75. The van der Waals surface area contributed by atoms with E-state index in [2.05, 4.69) is 11.3 Å². The Bertz CT molecular complexity index is 266. The lowest BCUT2D eigenvalue weighted by molar-refractivity contribution is -0.310. The second-order valence-electron chi connectivity index (χ2n) is 3.06. The molecule has 0 spiro atoms. The number of hydrogen-bond donors (Lipinski definition) is 3. The van der Waals surface area contributed by atoms with Crippen LogP contribution in [0.25, 0.3) is 0 Å². The van der Waals surface area contributed by atoms with E-state index in [1.165, 1.54) is 6.08 Å². The molecule has 0 fully saturated rings. The Labute approximate surface area is 91.9 Å². The highest BCUT2D eigenvalue weighted by Gasteiger charge is 2.30. The smallest absolute Gasteiger partial charge is 0.340 e. The summed E-state index contributed by atoms with van der Waals surface area (Å²) in [5, 5.41) is 26.1. The van der Waals surface area contributed by atoms with Gasteiger partial charge in [0.15, 0.2) is 6.10 Å². The van der Waals surface area contributed by atoms with Gasteiger partial charge in [-0.05, 0) is 0 Å². The summed E-state index contributed by atoms with van der Waals surface area (Å²) >= 11 is 0. The SMILES string of the molecule is C=CCOC(CC(=O)O)C(=O)OC(C)(O)O. The maximum Gasteiger partial charge on any atom is 0.340 e. The van der Waals surface area contributed by atoms with E-state index in [0.29, 0.717) is 0 Å². The molecule has 16 heavy (non-hydrogen) atoms. The quantitative estimate of drug-likeness (QED) is 0.301. The van der Waals surface area contributed by atoms with Crippen LogP contribution in [-0.2, 0) is 19.1 Å². The van der Waals surface area contributed by atoms with Crippen molar-refractivity contribution in [1.82, 2.24) is 0 Å². The fraction of sp³-hybridized carbons (Fsp3) is 0.556. The molecule has 7 heteroatoms. The number of esters is 1. The molecule has 0 aromatic rings. The third-order valence-electron chi connectivity index (χ3n) is 1.33. The van der Waals surface area contributed by atoms with Crippen molar-refractivity contribution in [2.45, 2.75) is 25.4 Å². The van der Waals surface area contributed by atoms with Gasteiger partial charge in [0.1, 0.15) is 0 Å². The van der Waals surface area contributed by atoms with Crippen molar-refractivity contribution in [3.05, 3.63) is 12.7 Å². The Hall–Kier alpha value is -1.44. The summed E-state index contributed by atoms with van der Waals surface area (Å²) in [5.74, 6) is -5.11. The lowest BCUT2D eigenvalue weighted by atomic mass is 10.2. The number of ether oxygens (including phenoxy) is 2. The maximum atomic E-state index is 11.2. The van der Waals surface area contributed by atoms with E-state index in [9.17, 15) is 9.59 Å². The average Bonchev–Trinajstić information content (AvgIpc) is 2.08. The number of carboxylic acid groups (broad SMARTS) is 1. The highest BCUT2D eigenvalue weighted by molar-refractivity contribution is 5.81. The Balaban J connectivity index is 4.42. The van der Waals surface area contributed by atoms with Gasteiger partial charge < -0.3 is 24.8 Å². The van der Waals surface area contributed by atoms with Crippen molar-refractivity contribution >= 4 is 11.9 Å². The number of aliphatic hydroxyl groups is 2. The average molecular weight is 234 g/mol. The van der Waals surface area contributed by atoms with E-state index in [4.69, 9.17) is 20.1 Å². The van der Waals surface area contributed by atoms with E-state index in [1.807, 2.05) is 0 Å². The first-order valence-electron chi connectivity index (χ1n) is 4.38. The van der Waals surface area contributed by atoms with Gasteiger partial charge in [0.2, 0.25) is 0 Å². The first kappa shape index (κ1) is 14.6. The molecule has 0 heterocycles. The highest BCUT2D eigenvalue weighted by atomic mass is 16.8. The van der Waals surface area contributed by atoms with Crippen LogP contribution in [-0.4, -0.2) is 45.9 Å². The van der Waals surface area contributed by atoms with Crippen LogP contribution in [0.2, 0.25) is 0 Å². The Morgan fingerprint density at radius 1 is 1.50 bits per heavy atom. The van der Waals surface area contributed by atoms with E-state index < -0.39 is 30.4 Å². The molecule has 1 unspecified atom stereocenters. The van der Waals surface area contributed by atoms with Crippen molar-refractivity contribution in [1.29, 1.82) is 0 Å². The molecule has 1 atom stereocenters. The minimum Gasteiger partial charge on any atom is -0.481 e. The van der Waals surface area contributed by atoms with E-state index in [1.54, 1.807) is 0 Å². The van der Waals surface area contributed by atoms with E-state index >= 15 is 0 Å². The summed E-state index contributed by atoms with van der Waals surface area (Å²) in [7, 11) is 0. The molecule has 0 aromatic carbocycles. The van der Waals surface area contributed by atoms with Gasteiger partial charge in [-0.3, -0.25) is 4.79 Å². The first-order valence-corrected chi connectivity index (χ1v) is 4.38. The predicted octanol–water partition coefficient (Wildman–Crippen LogP) is -0.766. The summed E-state index contributed by atoms with van der Waals surface area (Å²) < 4.78 is 8.96. The summed E-state index contributed by atoms with van der Waals surface area (Å²) in [6.07, 6.45) is -0.726. The molecule has 0 rings (SSSR count). The minimum absolute atomic E-state index is 0.0549. The molecule has 7 nitrogen and oxygen atoms in total. The second kappa shape index (κ2) is 6.21. The topological polar surface area (TPSA) is 113 Å². The molecule has 0 bridgehead atoms. The highest BCUT2D eigenvalue weighted by Crippen LogP contribution is 2.08. The van der Waals surface area contributed by atoms with Crippen LogP contribution in [0, 0.1) is 0 Å². The monoisotopic (exact) mass is 234 g/mol. The molecule has 0 amide bonds. The van der Waals surface area contributed by atoms with Crippen LogP contribution in [0.1, 0.15) is 13.3 Å². The van der Waals surface area contributed by atoms with E-state index in [-0.39, 0.29) is 6.61 Å². The van der Waals surface area contributed by atoms with Gasteiger partial charge in [-0.1, -0.05) is 6.08 Å². The molecular weight excluding hydrogens is 220 g/mol. The Kier molecular flexibility index (Phi) is 5.65. The molecule has 0 saturated heterocycles. The number of carbonyl (C=O) groups is 2. The lowest BCUT2D eigenvalue weighted by Crippen LogP contribution is -2.38. The zero-order chi connectivity index (χ0) is 12.8. The fourth-order valence-corrected chi connectivity index (χ4v) is 0.809. The number of aliphatic carboxylic acids is 1. The predicted molar refractivity (Wildman–Crippen MR) is 51.1 cm³/mol. The Morgan fingerprint density at radius 3 is 2.44 bits per heavy atom. The molecule has 0 aliphatic carbocycles. The van der Waals surface area contributed by atoms with Crippen molar-refractivity contribution < 1.29 is 34.4 Å². The van der Waals surface area contributed by atoms with Gasteiger partial charge >= 0.3 is 17.9 Å². The van der Waals surface area contributed by atoms with Crippen molar-refractivity contribution in [2.75, 3.05) is 6.61 Å². The van der Waals surface area contributed by atoms with Gasteiger partial charge in [-0.25, -0.2) is 4.79 Å². The fourth-order valence-electron chi connectivity index (χ4n) is 0.809. The number of hydrogen-bond acceptors (Lipinski definition) is 6. The molecular formula is C9H14O7. The molecule has 0 aliphatic heterocycles. The minimum atomic E-state index is -2.66. The molecule has 0 aromatic heterocycles. The van der Waals surface area contributed by atoms with Gasteiger partial charge in [0.25, 0.3) is 0 Å². The third kappa shape index (κ3) is 6.93. The molecule has 0 aliphatic rings. The number of carbonyl (C=O) groups excluding carboxylic acids is 1. The third-order valence-corrected chi connectivity index (χ3v) is 1.33. The summed E-state index contributed by atoms with van der Waals surface area (Å²) in [6.45, 7) is 4.08. The number of carboxylic acids is 1. The zero-order valence-electron chi connectivity index (χ0n) is 8.75. The molecule has 0 saturated carbocycles.